The van der Waals surface area contributed by atoms with Crippen LogP contribution in [0.1, 0.15) is 79.7 Å². The highest BCUT2D eigenvalue weighted by molar-refractivity contribution is 6.62. The van der Waals surface area contributed by atoms with Gasteiger partial charge in [0.15, 0.2) is 0 Å². The van der Waals surface area contributed by atoms with Crippen molar-refractivity contribution < 1.29 is 32.8 Å². The number of benzene rings is 1. The number of carbonyl (C=O) groups is 2. The molecule has 1 saturated heterocycles. The summed E-state index contributed by atoms with van der Waals surface area (Å²) in [5.74, 6) is -0.453. The molecule has 0 aromatic heterocycles. The predicted molar refractivity (Wildman–Crippen MR) is 131 cm³/mol. The first kappa shape index (κ1) is 27.3. The van der Waals surface area contributed by atoms with Gasteiger partial charge in [0.25, 0.3) is 0 Å². The van der Waals surface area contributed by atoms with Gasteiger partial charge in [0, 0.05) is 18.2 Å². The number of amides is 2. The summed E-state index contributed by atoms with van der Waals surface area (Å²) >= 11 is 0. The van der Waals surface area contributed by atoms with Gasteiger partial charge in [0.05, 0.1) is 11.2 Å². The maximum absolute atomic E-state index is 14.7. The average Bonchev–Trinajstić information content (AvgIpc) is 2.94. The van der Waals surface area contributed by atoms with Gasteiger partial charge < -0.3 is 29.4 Å². The Bertz CT molecular complexity index is 909. The van der Waals surface area contributed by atoms with Crippen LogP contribution in [0.5, 0.6) is 0 Å². The van der Waals surface area contributed by atoms with Gasteiger partial charge in [0.2, 0.25) is 0 Å². The number of ether oxygens (including phenoxy) is 2. The number of hydrogen-bond donors (Lipinski definition) is 2. The molecule has 2 aliphatic rings. The van der Waals surface area contributed by atoms with Crippen LogP contribution in [-0.4, -0.2) is 48.3 Å². The highest BCUT2D eigenvalue weighted by Gasteiger charge is 2.51. The molecule has 1 aliphatic carbocycles. The third kappa shape index (κ3) is 7.33. The monoisotopic (exact) mass is 492 g/mol. The van der Waals surface area contributed by atoms with E-state index in [1.54, 1.807) is 12.1 Å². The van der Waals surface area contributed by atoms with Crippen molar-refractivity contribution in [1.29, 1.82) is 0 Å². The molecule has 2 amide bonds. The van der Waals surface area contributed by atoms with Crippen LogP contribution in [0.3, 0.4) is 0 Å². The zero-order valence-corrected chi connectivity index (χ0v) is 21.8. The summed E-state index contributed by atoms with van der Waals surface area (Å²) < 4.78 is 37.4. The second kappa shape index (κ2) is 10.3. The molecule has 1 aliphatic heterocycles. The SMILES string of the molecule is CC(C)(C)OC(=O)N[C@H]1CC[C@H](OC(=O)NCc2ccc(B3OC(C)(C)C(C)(C)O3)cc2F)CC1. The lowest BCUT2D eigenvalue weighted by Crippen LogP contribution is -2.42. The lowest BCUT2D eigenvalue weighted by atomic mass is 9.78. The lowest BCUT2D eigenvalue weighted by molar-refractivity contribution is 0.00578. The molecule has 194 valence electrons. The molecule has 35 heavy (non-hydrogen) atoms. The van der Waals surface area contributed by atoms with Crippen LogP contribution in [0.15, 0.2) is 18.2 Å². The van der Waals surface area contributed by atoms with Gasteiger partial charge in [-0.1, -0.05) is 12.1 Å². The normalized spacial score (nSPS) is 23.5. The van der Waals surface area contributed by atoms with Crippen LogP contribution in [0, 0.1) is 5.82 Å². The first-order valence-corrected chi connectivity index (χ1v) is 12.2. The Morgan fingerprint density at radius 3 is 2.20 bits per heavy atom. The largest absolute Gasteiger partial charge is 0.494 e. The standard InChI is InChI=1S/C25H38BFN2O6/c1-23(2,3)33-22(31)29-18-10-12-19(13-11-18)32-21(30)28-15-16-8-9-17(14-20(16)27)26-34-24(4,5)25(6,7)35-26/h8-9,14,18-19H,10-13,15H2,1-7H3,(H,28,30)(H,29,31)/t18-,19-. The Morgan fingerprint density at radius 2 is 1.66 bits per heavy atom. The Morgan fingerprint density at radius 1 is 1.06 bits per heavy atom. The molecule has 0 unspecified atom stereocenters. The maximum atomic E-state index is 14.7. The summed E-state index contributed by atoms with van der Waals surface area (Å²) in [6.45, 7) is 13.2. The zero-order chi connectivity index (χ0) is 26.0. The summed E-state index contributed by atoms with van der Waals surface area (Å²) in [6, 6.07) is 4.73. The van der Waals surface area contributed by atoms with Crippen molar-refractivity contribution in [2.45, 2.75) is 110 Å². The number of hydrogen-bond acceptors (Lipinski definition) is 6. The van der Waals surface area contributed by atoms with Gasteiger partial charge in [-0.2, -0.15) is 0 Å². The molecule has 1 saturated carbocycles. The van der Waals surface area contributed by atoms with E-state index in [4.69, 9.17) is 18.8 Å². The number of carbonyl (C=O) groups excluding carboxylic acids is 2. The highest BCUT2D eigenvalue weighted by Crippen LogP contribution is 2.36. The van der Waals surface area contributed by atoms with E-state index in [0.717, 1.165) is 0 Å². The van der Waals surface area contributed by atoms with Crippen molar-refractivity contribution in [3.8, 4) is 0 Å². The summed E-state index contributed by atoms with van der Waals surface area (Å²) in [6.07, 6.45) is 1.35. The molecule has 0 radical (unpaired) electrons. The van der Waals surface area contributed by atoms with Gasteiger partial charge in [-0.05, 0) is 85.7 Å². The van der Waals surface area contributed by atoms with E-state index in [2.05, 4.69) is 10.6 Å². The van der Waals surface area contributed by atoms with Crippen LogP contribution in [0.4, 0.5) is 14.0 Å². The molecule has 3 rings (SSSR count). The third-order valence-corrected chi connectivity index (χ3v) is 6.69. The van der Waals surface area contributed by atoms with Crippen LogP contribution in [-0.2, 0) is 25.3 Å². The molecule has 0 atom stereocenters. The molecule has 0 bridgehead atoms. The maximum Gasteiger partial charge on any atom is 0.494 e. The number of alkyl carbamates (subject to hydrolysis) is 2. The molecular formula is C25H38BFN2O6. The number of halogens is 1. The van der Waals surface area contributed by atoms with Crippen LogP contribution in [0.2, 0.25) is 0 Å². The Labute approximate surface area is 207 Å². The van der Waals surface area contributed by atoms with E-state index in [9.17, 15) is 14.0 Å². The molecule has 8 nitrogen and oxygen atoms in total. The average molecular weight is 492 g/mol. The summed E-state index contributed by atoms with van der Waals surface area (Å²) in [4.78, 5) is 24.2. The van der Waals surface area contributed by atoms with E-state index >= 15 is 0 Å². The fourth-order valence-electron chi connectivity index (χ4n) is 3.99. The lowest BCUT2D eigenvalue weighted by Gasteiger charge is -2.32. The van der Waals surface area contributed by atoms with E-state index in [-0.39, 0.29) is 18.7 Å². The fourth-order valence-corrected chi connectivity index (χ4v) is 3.99. The van der Waals surface area contributed by atoms with E-state index < -0.39 is 41.9 Å². The molecule has 2 fully saturated rings. The minimum Gasteiger partial charge on any atom is -0.446 e. The third-order valence-electron chi connectivity index (χ3n) is 6.69. The van der Waals surface area contributed by atoms with Gasteiger partial charge in [-0.3, -0.25) is 0 Å². The van der Waals surface area contributed by atoms with Crippen LogP contribution < -0.4 is 16.1 Å². The molecule has 1 heterocycles. The fraction of sp³-hybridized carbons (Fsp3) is 0.680. The van der Waals surface area contributed by atoms with Gasteiger partial charge >= 0.3 is 19.3 Å². The van der Waals surface area contributed by atoms with Gasteiger partial charge in [-0.25, -0.2) is 14.0 Å². The Balaban J connectivity index is 1.42. The van der Waals surface area contributed by atoms with Gasteiger partial charge in [0.1, 0.15) is 17.5 Å². The molecule has 0 spiro atoms. The van der Waals surface area contributed by atoms with E-state index in [0.29, 0.717) is 36.7 Å². The minimum absolute atomic E-state index is 0.00383. The molecule has 2 N–H and O–H groups in total. The Kier molecular flexibility index (Phi) is 8.06. The quantitative estimate of drug-likeness (QED) is 0.599. The summed E-state index contributed by atoms with van der Waals surface area (Å²) in [5.41, 5.74) is -0.642. The van der Waals surface area contributed by atoms with Crippen molar-refractivity contribution in [2.24, 2.45) is 0 Å². The van der Waals surface area contributed by atoms with Crippen LogP contribution >= 0.6 is 0 Å². The molecule has 1 aromatic rings. The highest BCUT2D eigenvalue weighted by atomic mass is 19.1. The van der Waals surface area contributed by atoms with E-state index in [1.807, 2.05) is 48.5 Å². The van der Waals surface area contributed by atoms with Crippen molar-refractivity contribution in [3.05, 3.63) is 29.6 Å². The van der Waals surface area contributed by atoms with E-state index in [1.165, 1.54) is 6.07 Å². The first-order chi connectivity index (χ1) is 16.1. The topological polar surface area (TPSA) is 95.1 Å². The minimum atomic E-state index is -0.651. The summed E-state index contributed by atoms with van der Waals surface area (Å²) in [5, 5.41) is 5.48. The number of nitrogens with one attached hydrogen (secondary N) is 2. The van der Waals surface area contributed by atoms with Crippen molar-refractivity contribution in [1.82, 2.24) is 10.6 Å². The van der Waals surface area contributed by atoms with Gasteiger partial charge in [-0.15, -0.1) is 0 Å². The molecule has 10 heteroatoms. The molecular weight excluding hydrogens is 454 g/mol. The Hall–Kier alpha value is -2.33. The second-order valence-corrected chi connectivity index (χ2v) is 11.3. The predicted octanol–water partition coefficient (Wildman–Crippen LogP) is 4.19. The van der Waals surface area contributed by atoms with Crippen LogP contribution in [0.25, 0.3) is 0 Å². The zero-order valence-electron chi connectivity index (χ0n) is 21.8. The second-order valence-electron chi connectivity index (χ2n) is 11.3. The van der Waals surface area contributed by atoms with Crippen molar-refractivity contribution >= 4 is 24.8 Å². The summed E-state index contributed by atoms with van der Waals surface area (Å²) in [7, 11) is -0.651. The van der Waals surface area contributed by atoms with Crippen molar-refractivity contribution in [3.63, 3.8) is 0 Å². The number of rotatable bonds is 5. The smallest absolute Gasteiger partial charge is 0.446 e. The first-order valence-electron chi connectivity index (χ1n) is 12.2. The molecule has 1 aromatic carbocycles. The van der Waals surface area contributed by atoms with Crippen molar-refractivity contribution in [2.75, 3.05) is 0 Å².